The predicted molar refractivity (Wildman–Crippen MR) is 215 cm³/mol. The van der Waals surface area contributed by atoms with Crippen LogP contribution in [0.3, 0.4) is 0 Å². The minimum Gasteiger partial charge on any atom is -0.397 e. The van der Waals surface area contributed by atoms with E-state index in [9.17, 15) is 0 Å². The lowest BCUT2D eigenvalue weighted by atomic mass is 9.98. The van der Waals surface area contributed by atoms with E-state index in [1.165, 1.54) is 60.7 Å². The molecule has 2 aromatic heterocycles. The van der Waals surface area contributed by atoms with E-state index in [4.69, 9.17) is 5.73 Å². The molecule has 3 aliphatic carbocycles. The van der Waals surface area contributed by atoms with Gasteiger partial charge in [-0.05, 0) is 103 Å². The molecule has 4 nitrogen and oxygen atoms in total. The molecule has 4 N–H and O–H groups in total. The van der Waals surface area contributed by atoms with Crippen LogP contribution in [0, 0.1) is 6.92 Å². The molecule has 0 amide bonds. The number of nitrogens with zero attached hydrogens (tertiary/aromatic N) is 1. The summed E-state index contributed by atoms with van der Waals surface area (Å²) < 4.78 is 3.77. The van der Waals surface area contributed by atoms with Gasteiger partial charge in [0.1, 0.15) is 0 Å². The summed E-state index contributed by atoms with van der Waals surface area (Å²) in [5.74, 6) is 0. The first-order valence-electron chi connectivity index (χ1n) is 16.7. The van der Waals surface area contributed by atoms with Gasteiger partial charge in [-0.25, -0.2) is 0 Å². The van der Waals surface area contributed by atoms with Gasteiger partial charge in [0, 0.05) is 56.0 Å². The number of allylic oxidation sites excluding steroid dienone is 9. The molecule has 1 atom stereocenters. The standard InChI is InChI=1S/C38H32N4S.C6H8/c1-24(11-8-9-20-40-3)29-22-30-35(21-25(29)2)42(34-19-18-28-27-14-10-17-36(27)43-38(28)37(30)34)23-33(26-12-4-5-13-26)41-32-16-7-6-15-31(32)39;1-2-4-6-5-3-1/h4-9,11-12,14-22,33,40-41H,1,23,39H2,2-3H3;1-4H,5-6H2/b11-8-,20-9-;. The maximum Gasteiger partial charge on any atom is 0.0765 e. The third kappa shape index (κ3) is 6.44. The lowest BCUT2D eigenvalue weighted by Gasteiger charge is -2.23. The van der Waals surface area contributed by atoms with Gasteiger partial charge in [-0.3, -0.25) is 0 Å². The molecule has 0 radical (unpaired) electrons. The third-order valence-corrected chi connectivity index (χ3v) is 10.3. The van der Waals surface area contributed by atoms with Crippen molar-refractivity contribution in [3.8, 4) is 0 Å². The van der Waals surface area contributed by atoms with Crippen molar-refractivity contribution in [1.82, 2.24) is 9.88 Å². The minimum atomic E-state index is -0.0368. The van der Waals surface area contributed by atoms with E-state index in [-0.39, 0.29) is 6.04 Å². The van der Waals surface area contributed by atoms with E-state index < -0.39 is 0 Å². The molecular formula is C44H40N4S. The highest BCUT2D eigenvalue weighted by atomic mass is 32.1. The van der Waals surface area contributed by atoms with Gasteiger partial charge in [0.15, 0.2) is 0 Å². The first-order valence-corrected chi connectivity index (χ1v) is 17.6. The summed E-state index contributed by atoms with van der Waals surface area (Å²) in [6.45, 7) is 7.31. The van der Waals surface area contributed by atoms with Gasteiger partial charge in [0.2, 0.25) is 0 Å². The van der Waals surface area contributed by atoms with Crippen molar-refractivity contribution in [3.63, 3.8) is 0 Å². The number of hydrogen-bond acceptors (Lipinski definition) is 4. The molecule has 1 unspecified atom stereocenters. The molecule has 3 aliphatic rings. The summed E-state index contributed by atoms with van der Waals surface area (Å²) in [5.41, 5.74) is 22.9. The Balaban J connectivity index is 0.000000571. The number of fused-ring (bicyclic) bond motifs is 7. The number of nitrogens with two attached hydrogens (primary N) is 1. The second-order valence-corrected chi connectivity index (χ2v) is 13.4. The van der Waals surface area contributed by atoms with Gasteiger partial charge in [-0.1, -0.05) is 67.3 Å². The Labute approximate surface area is 292 Å². The van der Waals surface area contributed by atoms with Crippen LogP contribution in [0.4, 0.5) is 11.4 Å². The van der Waals surface area contributed by atoms with Crippen LogP contribution in [0.15, 0.2) is 139 Å². The highest BCUT2D eigenvalue weighted by Crippen LogP contribution is 2.44. The van der Waals surface area contributed by atoms with Crippen molar-refractivity contribution in [3.05, 3.63) is 161 Å². The molecule has 49 heavy (non-hydrogen) atoms. The molecule has 0 saturated carbocycles. The molecule has 0 fully saturated rings. The highest BCUT2D eigenvalue weighted by molar-refractivity contribution is 7.21. The van der Waals surface area contributed by atoms with Crippen LogP contribution in [-0.4, -0.2) is 17.7 Å². The molecule has 0 saturated heterocycles. The van der Waals surface area contributed by atoms with E-state index >= 15 is 0 Å². The number of nitrogen functional groups attached to an aromatic ring is 1. The summed E-state index contributed by atoms with van der Waals surface area (Å²) in [4.78, 5) is 1.27. The van der Waals surface area contributed by atoms with Crippen LogP contribution >= 0.6 is 11.3 Å². The zero-order valence-corrected chi connectivity index (χ0v) is 28.8. The van der Waals surface area contributed by atoms with Crippen LogP contribution in [0.25, 0.3) is 49.6 Å². The average Bonchev–Trinajstić information content (AvgIpc) is 3.93. The van der Waals surface area contributed by atoms with Crippen molar-refractivity contribution in [1.29, 1.82) is 0 Å². The maximum absolute atomic E-state index is 6.38. The van der Waals surface area contributed by atoms with Crippen LogP contribution in [0.1, 0.15) is 34.4 Å². The zero-order chi connectivity index (χ0) is 33.7. The van der Waals surface area contributed by atoms with Crippen LogP contribution in [0.5, 0.6) is 0 Å². The molecule has 8 rings (SSSR count). The summed E-state index contributed by atoms with van der Waals surface area (Å²) >= 11 is 1.85. The lowest BCUT2D eigenvalue weighted by Crippen LogP contribution is -2.27. The molecule has 0 spiro atoms. The Morgan fingerprint density at radius 2 is 1.86 bits per heavy atom. The Morgan fingerprint density at radius 1 is 1.02 bits per heavy atom. The Morgan fingerprint density at radius 3 is 2.59 bits per heavy atom. The maximum atomic E-state index is 6.38. The fraction of sp³-hybridized carbons (Fsp3) is 0.136. The number of thiophene rings is 1. The topological polar surface area (TPSA) is 55.0 Å². The lowest BCUT2D eigenvalue weighted by molar-refractivity contribution is 0.681. The molecular weight excluding hydrogens is 617 g/mol. The minimum absolute atomic E-state index is 0.0368. The second-order valence-electron chi connectivity index (χ2n) is 12.3. The number of hydrogen-bond donors (Lipinski definition) is 3. The van der Waals surface area contributed by atoms with Crippen LogP contribution in [0.2, 0.25) is 0 Å². The van der Waals surface area contributed by atoms with Crippen LogP contribution in [-0.2, 0) is 6.54 Å². The third-order valence-electron chi connectivity index (χ3n) is 9.09. The number of para-hydroxylation sites is 2. The zero-order valence-electron chi connectivity index (χ0n) is 28.0. The van der Waals surface area contributed by atoms with Crippen molar-refractivity contribution in [2.75, 3.05) is 18.1 Å². The van der Waals surface area contributed by atoms with Gasteiger partial charge in [-0.2, -0.15) is 0 Å². The van der Waals surface area contributed by atoms with E-state index in [2.05, 4.69) is 113 Å². The molecule has 242 valence electrons. The smallest absolute Gasteiger partial charge is 0.0765 e. The fourth-order valence-electron chi connectivity index (χ4n) is 6.66. The second kappa shape index (κ2) is 14.2. The Kier molecular flexibility index (Phi) is 9.23. The molecule has 2 heterocycles. The van der Waals surface area contributed by atoms with E-state index in [0.717, 1.165) is 28.1 Å². The predicted octanol–water partition coefficient (Wildman–Crippen LogP) is 10.9. The summed E-state index contributed by atoms with van der Waals surface area (Å²) in [5, 5.41) is 10.6. The summed E-state index contributed by atoms with van der Waals surface area (Å²) in [7, 11) is 1.89. The number of aryl methyl sites for hydroxylation is 1. The normalized spacial score (nSPS) is 14.8. The molecule has 3 aromatic carbocycles. The molecule has 5 heteroatoms. The monoisotopic (exact) mass is 656 g/mol. The molecule has 0 aliphatic heterocycles. The van der Waals surface area contributed by atoms with Crippen molar-refractivity contribution in [2.24, 2.45) is 0 Å². The van der Waals surface area contributed by atoms with E-state index in [1.54, 1.807) is 0 Å². The number of anilines is 2. The van der Waals surface area contributed by atoms with E-state index in [1.807, 2.05) is 73.2 Å². The van der Waals surface area contributed by atoms with Gasteiger partial charge in [-0.15, -0.1) is 22.8 Å². The molecule has 5 aromatic rings. The summed E-state index contributed by atoms with van der Waals surface area (Å²) in [6, 6.07) is 17.1. The van der Waals surface area contributed by atoms with Gasteiger partial charge in [0.05, 0.1) is 22.9 Å². The number of nitrogens with one attached hydrogen (secondary N) is 2. The van der Waals surface area contributed by atoms with Crippen molar-refractivity contribution >= 4 is 72.3 Å². The Hall–Kier alpha value is -5.70. The fourth-order valence-corrected chi connectivity index (χ4v) is 7.89. The quantitative estimate of drug-likeness (QED) is 0.0825. The van der Waals surface area contributed by atoms with Crippen molar-refractivity contribution in [2.45, 2.75) is 32.4 Å². The van der Waals surface area contributed by atoms with Crippen LogP contribution < -0.4 is 16.4 Å². The van der Waals surface area contributed by atoms with Gasteiger partial charge in [0.25, 0.3) is 0 Å². The van der Waals surface area contributed by atoms with Crippen molar-refractivity contribution < 1.29 is 0 Å². The van der Waals surface area contributed by atoms with E-state index in [0.29, 0.717) is 6.54 Å². The first-order chi connectivity index (χ1) is 24.0. The summed E-state index contributed by atoms with van der Waals surface area (Å²) in [6.07, 6.45) is 29.3. The van der Waals surface area contributed by atoms with Gasteiger partial charge >= 0.3 is 0 Å². The largest absolute Gasteiger partial charge is 0.397 e. The highest BCUT2D eigenvalue weighted by Gasteiger charge is 2.23. The number of rotatable bonds is 9. The van der Waals surface area contributed by atoms with Gasteiger partial charge < -0.3 is 20.9 Å². The number of aromatic nitrogens is 1. The first kappa shape index (κ1) is 31.9. The Bertz CT molecular complexity index is 2380. The average molecular weight is 657 g/mol. The SMILES string of the molecule is C1=CCCC=C1.C=C(/C=C\C=C/NC)c1cc2c3c4sc5c(c4ccc3n(CC(Nc3ccccc3N)C3=C=CC=C3)c2cc1C)C=C=C5. The number of benzene rings is 3. The molecule has 0 bridgehead atoms.